The largest absolute Gasteiger partial charge is 0.493 e. The molecule has 1 aromatic carbocycles. The van der Waals surface area contributed by atoms with Crippen LogP contribution >= 0.6 is 0 Å². The highest BCUT2D eigenvalue weighted by molar-refractivity contribution is 5.67. The van der Waals surface area contributed by atoms with Gasteiger partial charge in [-0.2, -0.15) is 15.4 Å². The van der Waals surface area contributed by atoms with Crippen LogP contribution in [0.3, 0.4) is 0 Å². The standard InChI is InChI=1S/C21H19FN6O/c1-13-21(26-27-25-13)14-5-7-23-17(9-14)18-11-28(12-24-18)10-15-6-8-29-19-4-2-3-16(22)20(15)19/h2-5,7,9,11-12,15H,6,8,10H2,1H3,(H,25,26,27)/t15-/m0/s1. The summed E-state index contributed by atoms with van der Waals surface area (Å²) < 4.78 is 22.0. The van der Waals surface area contributed by atoms with Gasteiger partial charge in [-0.05, 0) is 37.6 Å². The zero-order chi connectivity index (χ0) is 19.8. The number of halogens is 1. The third kappa shape index (κ3) is 3.26. The van der Waals surface area contributed by atoms with Crippen LogP contribution in [0.1, 0.15) is 23.6 Å². The van der Waals surface area contributed by atoms with Crippen LogP contribution in [0.5, 0.6) is 5.75 Å². The summed E-state index contributed by atoms with van der Waals surface area (Å²) in [5.74, 6) is 0.461. The molecule has 1 aliphatic rings. The number of aryl methyl sites for hydroxylation is 1. The number of aromatic amines is 1. The SMILES string of the molecule is Cc1n[nH]nc1-c1ccnc(-c2cn(C[C@@H]3CCOc4cccc(F)c43)cn2)c1. The van der Waals surface area contributed by atoms with Crippen molar-refractivity contribution in [3.05, 3.63) is 66.1 Å². The predicted molar refractivity (Wildman–Crippen MR) is 105 cm³/mol. The first-order chi connectivity index (χ1) is 14.2. The summed E-state index contributed by atoms with van der Waals surface area (Å²) in [5.41, 5.74) is 4.71. The van der Waals surface area contributed by atoms with Crippen molar-refractivity contribution in [3.63, 3.8) is 0 Å². The van der Waals surface area contributed by atoms with Crippen molar-refractivity contribution in [2.75, 3.05) is 6.61 Å². The number of imidazole rings is 1. The van der Waals surface area contributed by atoms with Crippen LogP contribution in [0.4, 0.5) is 4.39 Å². The van der Waals surface area contributed by atoms with Crippen molar-refractivity contribution in [1.29, 1.82) is 0 Å². The van der Waals surface area contributed by atoms with Crippen molar-refractivity contribution in [3.8, 4) is 28.4 Å². The van der Waals surface area contributed by atoms with E-state index in [1.54, 1.807) is 18.6 Å². The molecule has 0 amide bonds. The number of H-pyrrole nitrogens is 1. The zero-order valence-electron chi connectivity index (χ0n) is 15.8. The number of nitrogens with one attached hydrogen (secondary N) is 1. The minimum Gasteiger partial charge on any atom is -0.493 e. The number of fused-ring (bicyclic) bond motifs is 1. The number of benzene rings is 1. The molecule has 0 spiro atoms. The minimum atomic E-state index is -0.218. The Morgan fingerprint density at radius 3 is 3.00 bits per heavy atom. The summed E-state index contributed by atoms with van der Waals surface area (Å²) in [7, 11) is 0. The lowest BCUT2D eigenvalue weighted by molar-refractivity contribution is 0.253. The highest BCUT2D eigenvalue weighted by Gasteiger charge is 2.25. The second-order valence-electron chi connectivity index (χ2n) is 7.13. The molecule has 146 valence electrons. The third-order valence-corrected chi connectivity index (χ3v) is 5.23. The molecule has 0 saturated heterocycles. The number of ether oxygens (including phenoxy) is 1. The number of rotatable bonds is 4. The molecule has 3 aromatic heterocycles. The Hall–Kier alpha value is -3.55. The van der Waals surface area contributed by atoms with Gasteiger partial charge in [-0.3, -0.25) is 4.98 Å². The van der Waals surface area contributed by atoms with Gasteiger partial charge in [0.15, 0.2) is 0 Å². The molecule has 4 aromatic rings. The van der Waals surface area contributed by atoms with Crippen LogP contribution in [0.15, 0.2) is 49.1 Å². The summed E-state index contributed by atoms with van der Waals surface area (Å²) >= 11 is 0. The van der Waals surface area contributed by atoms with Crippen LogP contribution in [-0.2, 0) is 6.54 Å². The predicted octanol–water partition coefficient (Wildman–Crippen LogP) is 3.74. The molecular weight excluding hydrogens is 371 g/mol. The van der Waals surface area contributed by atoms with E-state index in [1.165, 1.54) is 6.07 Å². The van der Waals surface area contributed by atoms with Gasteiger partial charge < -0.3 is 9.30 Å². The number of hydrogen-bond acceptors (Lipinski definition) is 5. The molecule has 0 bridgehead atoms. The van der Waals surface area contributed by atoms with Crippen LogP contribution in [0.2, 0.25) is 0 Å². The lowest BCUT2D eigenvalue weighted by Gasteiger charge is -2.26. The molecule has 1 N–H and O–H groups in total. The Bertz CT molecular complexity index is 1170. The normalized spacial score (nSPS) is 15.7. The average Bonchev–Trinajstić information content (AvgIpc) is 3.37. The van der Waals surface area contributed by atoms with E-state index in [1.807, 2.05) is 35.9 Å². The van der Waals surface area contributed by atoms with Gasteiger partial charge in [-0.25, -0.2) is 9.37 Å². The molecule has 0 unspecified atom stereocenters. The van der Waals surface area contributed by atoms with Crippen LogP contribution in [0, 0.1) is 12.7 Å². The van der Waals surface area contributed by atoms with Gasteiger partial charge in [0.2, 0.25) is 0 Å². The topological polar surface area (TPSA) is 81.5 Å². The molecule has 1 atom stereocenters. The molecular formula is C21H19FN6O. The first-order valence-electron chi connectivity index (χ1n) is 9.46. The van der Waals surface area contributed by atoms with Gasteiger partial charge in [0.1, 0.15) is 23.0 Å². The maximum absolute atomic E-state index is 14.4. The first-order valence-corrected chi connectivity index (χ1v) is 9.46. The lowest BCUT2D eigenvalue weighted by atomic mass is 9.92. The number of aromatic nitrogens is 6. The van der Waals surface area contributed by atoms with Gasteiger partial charge in [0.25, 0.3) is 0 Å². The fraction of sp³-hybridized carbons (Fsp3) is 0.238. The zero-order valence-corrected chi connectivity index (χ0v) is 15.8. The van der Waals surface area contributed by atoms with E-state index in [-0.39, 0.29) is 11.7 Å². The molecule has 29 heavy (non-hydrogen) atoms. The Balaban J connectivity index is 1.41. The number of hydrogen-bond donors (Lipinski definition) is 1. The van der Waals surface area contributed by atoms with E-state index >= 15 is 0 Å². The van der Waals surface area contributed by atoms with Crippen LogP contribution in [0.25, 0.3) is 22.6 Å². The van der Waals surface area contributed by atoms with Gasteiger partial charge in [0.05, 0.1) is 24.3 Å². The molecule has 0 saturated carbocycles. The molecule has 0 aliphatic carbocycles. The summed E-state index contributed by atoms with van der Waals surface area (Å²) in [5, 5.41) is 10.9. The monoisotopic (exact) mass is 390 g/mol. The summed E-state index contributed by atoms with van der Waals surface area (Å²) in [4.78, 5) is 8.95. The number of pyridine rings is 1. The van der Waals surface area contributed by atoms with Crippen LogP contribution in [-0.4, -0.2) is 36.6 Å². The summed E-state index contributed by atoms with van der Waals surface area (Å²) in [6, 6.07) is 8.83. The van der Waals surface area contributed by atoms with Gasteiger partial charge in [-0.1, -0.05) is 6.07 Å². The van der Waals surface area contributed by atoms with Gasteiger partial charge in [-0.15, -0.1) is 0 Å². The summed E-state index contributed by atoms with van der Waals surface area (Å²) in [6.45, 7) is 3.12. The van der Waals surface area contributed by atoms with E-state index in [0.29, 0.717) is 24.5 Å². The fourth-order valence-electron chi connectivity index (χ4n) is 3.80. The Morgan fingerprint density at radius 2 is 2.14 bits per heavy atom. The summed E-state index contributed by atoms with van der Waals surface area (Å²) in [6.07, 6.45) is 6.21. The highest BCUT2D eigenvalue weighted by atomic mass is 19.1. The first kappa shape index (κ1) is 17.5. The maximum Gasteiger partial charge on any atom is 0.130 e. The minimum absolute atomic E-state index is 0.0408. The maximum atomic E-state index is 14.4. The van der Waals surface area contributed by atoms with E-state index in [9.17, 15) is 4.39 Å². The molecule has 0 radical (unpaired) electrons. The molecule has 0 fully saturated rings. The average molecular weight is 390 g/mol. The highest BCUT2D eigenvalue weighted by Crippen LogP contribution is 2.36. The Morgan fingerprint density at radius 1 is 1.21 bits per heavy atom. The second kappa shape index (κ2) is 7.12. The van der Waals surface area contributed by atoms with Gasteiger partial charge >= 0.3 is 0 Å². The van der Waals surface area contributed by atoms with E-state index in [4.69, 9.17) is 4.74 Å². The Kier molecular flexibility index (Phi) is 4.31. The van der Waals surface area contributed by atoms with Crippen molar-refractivity contribution in [2.45, 2.75) is 25.8 Å². The van der Waals surface area contributed by atoms with Crippen molar-refractivity contribution < 1.29 is 9.13 Å². The molecule has 1 aliphatic heterocycles. The van der Waals surface area contributed by atoms with Crippen LogP contribution < -0.4 is 4.74 Å². The molecule has 7 nitrogen and oxygen atoms in total. The lowest BCUT2D eigenvalue weighted by Crippen LogP contribution is -2.19. The fourth-order valence-corrected chi connectivity index (χ4v) is 3.80. The van der Waals surface area contributed by atoms with Gasteiger partial charge in [0, 0.05) is 36.0 Å². The smallest absolute Gasteiger partial charge is 0.130 e. The molecule has 5 rings (SSSR count). The number of nitrogens with zero attached hydrogens (tertiary/aromatic N) is 5. The van der Waals surface area contributed by atoms with Crippen molar-refractivity contribution >= 4 is 0 Å². The van der Waals surface area contributed by atoms with E-state index in [2.05, 4.69) is 25.4 Å². The Labute approximate surface area is 166 Å². The van der Waals surface area contributed by atoms with Crippen molar-refractivity contribution in [1.82, 2.24) is 29.9 Å². The molecule has 8 heteroatoms. The van der Waals surface area contributed by atoms with E-state index < -0.39 is 0 Å². The molecule has 4 heterocycles. The second-order valence-corrected chi connectivity index (χ2v) is 7.13. The quantitative estimate of drug-likeness (QED) is 0.574. The van der Waals surface area contributed by atoms with E-state index in [0.717, 1.165) is 34.8 Å². The van der Waals surface area contributed by atoms with Crippen molar-refractivity contribution in [2.24, 2.45) is 0 Å². The third-order valence-electron chi connectivity index (χ3n) is 5.23.